The first-order valence-electron chi connectivity index (χ1n) is 6.85. The highest BCUT2D eigenvalue weighted by Crippen LogP contribution is 2.14. The van der Waals surface area contributed by atoms with Crippen LogP contribution in [0.2, 0.25) is 0 Å². The van der Waals surface area contributed by atoms with Crippen molar-refractivity contribution in [2.24, 2.45) is 0 Å². The van der Waals surface area contributed by atoms with Crippen molar-refractivity contribution in [1.82, 2.24) is 19.8 Å². The maximum atomic E-state index is 10.7. The highest BCUT2D eigenvalue weighted by Gasteiger charge is 2.16. The van der Waals surface area contributed by atoms with Crippen LogP contribution in [0.3, 0.4) is 0 Å². The number of amides is 1. The van der Waals surface area contributed by atoms with Crippen LogP contribution in [0, 0.1) is 0 Å². The lowest BCUT2D eigenvalue weighted by atomic mass is 10.3. The quantitative estimate of drug-likeness (QED) is 0.723. The predicted molar refractivity (Wildman–Crippen MR) is 78.9 cm³/mol. The second-order valence-electron chi connectivity index (χ2n) is 5.10. The lowest BCUT2D eigenvalue weighted by molar-refractivity contribution is -0.118. The monoisotopic (exact) mass is 278 g/mol. The van der Waals surface area contributed by atoms with Crippen molar-refractivity contribution in [3.05, 3.63) is 12.3 Å². The number of carbonyl (C=O) groups excluding carboxylic acids is 1. The smallest absolute Gasteiger partial charge is 0.224 e. The van der Waals surface area contributed by atoms with E-state index < -0.39 is 0 Å². The van der Waals surface area contributed by atoms with Crippen molar-refractivity contribution >= 4 is 18.2 Å². The van der Waals surface area contributed by atoms with Crippen LogP contribution in [0.5, 0.6) is 0 Å². The number of piperazine rings is 1. The molecule has 1 saturated heterocycles. The summed E-state index contributed by atoms with van der Waals surface area (Å²) in [6, 6.07) is 1.91. The average molecular weight is 278 g/mol. The van der Waals surface area contributed by atoms with Crippen molar-refractivity contribution in [2.75, 3.05) is 63.6 Å². The molecule has 0 aliphatic carbocycles. The number of nitrogens with one attached hydrogen (secondary N) is 1. The van der Waals surface area contributed by atoms with Gasteiger partial charge in [0.25, 0.3) is 0 Å². The molecule has 0 radical (unpaired) electrons. The van der Waals surface area contributed by atoms with E-state index in [0.717, 1.165) is 51.5 Å². The van der Waals surface area contributed by atoms with Crippen molar-refractivity contribution in [2.45, 2.75) is 0 Å². The molecule has 0 bridgehead atoms. The van der Waals surface area contributed by atoms with E-state index in [-0.39, 0.29) is 0 Å². The van der Waals surface area contributed by atoms with Gasteiger partial charge in [-0.05, 0) is 20.2 Å². The Labute approximate surface area is 119 Å². The van der Waals surface area contributed by atoms with Gasteiger partial charge in [-0.1, -0.05) is 0 Å². The van der Waals surface area contributed by atoms with E-state index in [1.54, 1.807) is 11.1 Å². The van der Waals surface area contributed by atoms with Gasteiger partial charge >= 0.3 is 0 Å². The molecule has 0 atom stereocenters. The fraction of sp³-hybridized carbons (Fsp3) is 0.615. The molecule has 7 nitrogen and oxygen atoms in total. The molecular weight excluding hydrogens is 256 g/mol. The van der Waals surface area contributed by atoms with E-state index in [0.29, 0.717) is 5.95 Å². The van der Waals surface area contributed by atoms with Crippen molar-refractivity contribution in [3.8, 4) is 0 Å². The largest absolute Gasteiger partial charge is 0.353 e. The Kier molecular flexibility index (Phi) is 5.11. The second kappa shape index (κ2) is 7.04. The van der Waals surface area contributed by atoms with Crippen molar-refractivity contribution in [3.63, 3.8) is 0 Å². The number of hydrogen-bond acceptors (Lipinski definition) is 6. The average Bonchev–Trinajstić information content (AvgIpc) is 2.47. The van der Waals surface area contributed by atoms with Gasteiger partial charge in [-0.3, -0.25) is 4.79 Å². The molecular formula is C13H22N6O. The number of hydrogen-bond donors (Lipinski definition) is 1. The lowest BCUT2D eigenvalue weighted by Gasteiger charge is -2.33. The summed E-state index contributed by atoms with van der Waals surface area (Å²) in [5, 5.41) is 3.22. The zero-order valence-electron chi connectivity index (χ0n) is 12.1. The molecule has 1 amide bonds. The molecule has 2 heterocycles. The SMILES string of the molecule is CN(C)CCNc1nccc(N2CCN(C=O)CC2)n1. The zero-order chi connectivity index (χ0) is 14.4. The highest BCUT2D eigenvalue weighted by atomic mass is 16.1. The lowest BCUT2D eigenvalue weighted by Crippen LogP contribution is -2.46. The van der Waals surface area contributed by atoms with Gasteiger partial charge in [0.15, 0.2) is 0 Å². The number of likely N-dealkylation sites (N-methyl/N-ethyl adjacent to an activating group) is 1. The first kappa shape index (κ1) is 14.5. The maximum Gasteiger partial charge on any atom is 0.224 e. The molecule has 7 heteroatoms. The minimum atomic E-state index is 0.655. The molecule has 1 aliphatic heterocycles. The molecule has 1 fully saturated rings. The Bertz CT molecular complexity index is 431. The Morgan fingerprint density at radius 1 is 1.35 bits per heavy atom. The molecule has 2 rings (SSSR count). The fourth-order valence-corrected chi connectivity index (χ4v) is 2.06. The van der Waals surface area contributed by atoms with E-state index in [9.17, 15) is 4.79 Å². The fourth-order valence-electron chi connectivity index (χ4n) is 2.06. The van der Waals surface area contributed by atoms with Gasteiger partial charge in [0, 0.05) is 45.5 Å². The summed E-state index contributed by atoms with van der Waals surface area (Å²) in [5.74, 6) is 1.57. The molecule has 1 N–H and O–H groups in total. The van der Waals surface area contributed by atoms with Gasteiger partial charge in [0.1, 0.15) is 5.82 Å². The first-order valence-corrected chi connectivity index (χ1v) is 6.85. The number of aromatic nitrogens is 2. The molecule has 110 valence electrons. The summed E-state index contributed by atoms with van der Waals surface area (Å²) in [5.41, 5.74) is 0. The predicted octanol–water partition coefficient (Wildman–Crippen LogP) is -0.271. The molecule has 0 aromatic carbocycles. The number of anilines is 2. The van der Waals surface area contributed by atoms with E-state index in [1.807, 2.05) is 20.2 Å². The molecule has 1 aliphatic rings. The molecule has 1 aromatic heterocycles. The van der Waals surface area contributed by atoms with Crippen LogP contribution in [0.15, 0.2) is 12.3 Å². The Hall–Kier alpha value is -1.89. The van der Waals surface area contributed by atoms with E-state index in [4.69, 9.17) is 0 Å². The third-order valence-electron chi connectivity index (χ3n) is 3.27. The highest BCUT2D eigenvalue weighted by molar-refractivity contribution is 5.49. The summed E-state index contributed by atoms with van der Waals surface area (Å²) >= 11 is 0. The van der Waals surface area contributed by atoms with Crippen LogP contribution in [-0.4, -0.2) is 79.5 Å². The molecule has 20 heavy (non-hydrogen) atoms. The summed E-state index contributed by atoms with van der Waals surface area (Å²) in [6.45, 7) is 4.87. The minimum absolute atomic E-state index is 0.655. The van der Waals surface area contributed by atoms with Crippen LogP contribution in [0.25, 0.3) is 0 Å². The number of rotatable bonds is 6. The van der Waals surface area contributed by atoms with Crippen LogP contribution in [0.4, 0.5) is 11.8 Å². The number of carbonyl (C=O) groups is 1. The van der Waals surface area contributed by atoms with E-state index in [2.05, 4.69) is 25.1 Å². The van der Waals surface area contributed by atoms with Gasteiger partial charge < -0.3 is 20.0 Å². The topological polar surface area (TPSA) is 64.6 Å². The standard InChI is InChI=1S/C13H22N6O/c1-17(2)6-5-15-13-14-4-3-12(16-13)19-9-7-18(11-20)8-10-19/h3-4,11H,5-10H2,1-2H3,(H,14,15,16). The third-order valence-corrected chi connectivity index (χ3v) is 3.27. The summed E-state index contributed by atoms with van der Waals surface area (Å²) < 4.78 is 0. The Balaban J connectivity index is 1.90. The van der Waals surface area contributed by atoms with Crippen molar-refractivity contribution < 1.29 is 4.79 Å². The summed E-state index contributed by atoms with van der Waals surface area (Å²) in [4.78, 5) is 25.5. The van der Waals surface area contributed by atoms with E-state index in [1.165, 1.54) is 0 Å². The minimum Gasteiger partial charge on any atom is -0.353 e. The Morgan fingerprint density at radius 2 is 2.10 bits per heavy atom. The second-order valence-corrected chi connectivity index (χ2v) is 5.10. The van der Waals surface area contributed by atoms with Gasteiger partial charge in [-0.2, -0.15) is 4.98 Å². The molecule has 0 saturated carbocycles. The van der Waals surface area contributed by atoms with Crippen LogP contribution < -0.4 is 10.2 Å². The van der Waals surface area contributed by atoms with Gasteiger partial charge in [-0.25, -0.2) is 4.98 Å². The van der Waals surface area contributed by atoms with E-state index >= 15 is 0 Å². The molecule has 0 unspecified atom stereocenters. The summed E-state index contributed by atoms with van der Waals surface area (Å²) in [7, 11) is 4.07. The summed E-state index contributed by atoms with van der Waals surface area (Å²) in [6.07, 6.45) is 2.68. The zero-order valence-corrected chi connectivity index (χ0v) is 12.1. The Morgan fingerprint density at radius 3 is 2.75 bits per heavy atom. The first-order chi connectivity index (χ1) is 9.69. The normalized spacial score (nSPS) is 15.6. The molecule has 0 spiro atoms. The maximum absolute atomic E-state index is 10.7. The van der Waals surface area contributed by atoms with Crippen LogP contribution >= 0.6 is 0 Å². The third kappa shape index (κ3) is 4.06. The van der Waals surface area contributed by atoms with Gasteiger partial charge in [0.05, 0.1) is 0 Å². The van der Waals surface area contributed by atoms with Crippen LogP contribution in [-0.2, 0) is 4.79 Å². The van der Waals surface area contributed by atoms with Crippen LogP contribution in [0.1, 0.15) is 0 Å². The molecule has 1 aromatic rings. The van der Waals surface area contributed by atoms with Crippen molar-refractivity contribution in [1.29, 1.82) is 0 Å². The van der Waals surface area contributed by atoms with Gasteiger partial charge in [-0.15, -0.1) is 0 Å². The van der Waals surface area contributed by atoms with Gasteiger partial charge in [0.2, 0.25) is 12.4 Å². The number of nitrogens with zero attached hydrogens (tertiary/aromatic N) is 5.